The number of morpholine rings is 1. The van der Waals surface area contributed by atoms with Gasteiger partial charge in [0.15, 0.2) is 11.4 Å². The van der Waals surface area contributed by atoms with Gasteiger partial charge in [0.05, 0.1) is 25.5 Å². The molecule has 0 unspecified atom stereocenters. The summed E-state index contributed by atoms with van der Waals surface area (Å²) in [6.07, 6.45) is 2.15. The van der Waals surface area contributed by atoms with Gasteiger partial charge in [-0.05, 0) is 12.5 Å². The normalized spacial score (nSPS) is 17.9. The van der Waals surface area contributed by atoms with Gasteiger partial charge in [0.1, 0.15) is 6.26 Å². The molecule has 4 heterocycles. The predicted octanol–water partition coefficient (Wildman–Crippen LogP) is 0.390. The molecule has 2 aromatic heterocycles. The Morgan fingerprint density at radius 3 is 2.56 bits per heavy atom. The average Bonchev–Trinajstić information content (AvgIpc) is 3.27. The fraction of sp³-hybridized carbons (Fsp3) is 0.500. The summed E-state index contributed by atoms with van der Waals surface area (Å²) in [7, 11) is 0. The van der Waals surface area contributed by atoms with Crippen LogP contribution in [-0.2, 0) is 17.8 Å². The Kier molecular flexibility index (Phi) is 4.22. The summed E-state index contributed by atoms with van der Waals surface area (Å²) in [6, 6.07) is 3.34. The number of carbonyl (C=O) groups excluding carboxylic acids is 2. The molecule has 2 aromatic rings. The maximum atomic E-state index is 12.6. The van der Waals surface area contributed by atoms with Gasteiger partial charge in [-0.1, -0.05) is 5.16 Å². The van der Waals surface area contributed by atoms with Crippen LogP contribution in [0.25, 0.3) is 0 Å². The molecule has 4 rings (SSSR count). The molecule has 2 aliphatic rings. The minimum absolute atomic E-state index is 0.0850. The van der Waals surface area contributed by atoms with Crippen molar-refractivity contribution < 1.29 is 18.8 Å². The highest BCUT2D eigenvalue weighted by molar-refractivity contribution is 5.93. The third-order valence-electron chi connectivity index (χ3n) is 4.48. The molecule has 2 amide bonds. The van der Waals surface area contributed by atoms with Gasteiger partial charge in [-0.2, -0.15) is 5.10 Å². The predicted molar refractivity (Wildman–Crippen MR) is 84.8 cm³/mol. The molecule has 0 atom stereocenters. The van der Waals surface area contributed by atoms with E-state index in [1.807, 2.05) is 4.68 Å². The van der Waals surface area contributed by atoms with Crippen LogP contribution in [0, 0.1) is 0 Å². The molecule has 2 aliphatic heterocycles. The zero-order chi connectivity index (χ0) is 17.2. The largest absolute Gasteiger partial charge is 0.378 e. The third-order valence-corrected chi connectivity index (χ3v) is 4.48. The van der Waals surface area contributed by atoms with Crippen LogP contribution >= 0.6 is 0 Å². The number of hydrogen-bond acceptors (Lipinski definition) is 6. The zero-order valence-corrected chi connectivity index (χ0v) is 13.8. The number of aromatic nitrogens is 3. The molecule has 0 spiro atoms. The second-order valence-corrected chi connectivity index (χ2v) is 6.11. The molecule has 25 heavy (non-hydrogen) atoms. The van der Waals surface area contributed by atoms with Gasteiger partial charge >= 0.3 is 0 Å². The van der Waals surface area contributed by atoms with Crippen molar-refractivity contribution >= 4 is 11.8 Å². The first-order valence-electron chi connectivity index (χ1n) is 8.36. The van der Waals surface area contributed by atoms with Crippen LogP contribution in [0.4, 0.5) is 0 Å². The van der Waals surface area contributed by atoms with E-state index in [9.17, 15) is 9.59 Å². The van der Waals surface area contributed by atoms with Crippen molar-refractivity contribution in [2.24, 2.45) is 0 Å². The lowest BCUT2D eigenvalue weighted by Crippen LogP contribution is -2.40. The molecule has 1 fully saturated rings. The second kappa shape index (κ2) is 6.67. The molecule has 0 aliphatic carbocycles. The van der Waals surface area contributed by atoms with Gasteiger partial charge in [-0.25, -0.2) is 0 Å². The summed E-state index contributed by atoms with van der Waals surface area (Å²) in [5.41, 5.74) is 1.57. The molecule has 0 bridgehead atoms. The number of rotatable bonds is 2. The standard InChI is InChI=1S/C16H19N5O4/c22-15(13-2-7-25-18-13)20-3-1-4-21-12(11-20)10-14(17-21)16(23)19-5-8-24-9-6-19/h2,7,10H,1,3-6,8-9,11H2. The smallest absolute Gasteiger partial charge is 0.276 e. The van der Waals surface area contributed by atoms with Gasteiger partial charge in [0.25, 0.3) is 11.8 Å². The Labute approximate surface area is 144 Å². The fourth-order valence-electron chi connectivity index (χ4n) is 3.15. The van der Waals surface area contributed by atoms with Gasteiger partial charge in [0, 0.05) is 32.2 Å². The number of amides is 2. The molecule has 0 saturated carbocycles. The fourth-order valence-corrected chi connectivity index (χ4v) is 3.15. The number of carbonyl (C=O) groups is 2. The Bertz CT molecular complexity index is 764. The van der Waals surface area contributed by atoms with E-state index in [-0.39, 0.29) is 17.5 Å². The van der Waals surface area contributed by atoms with Crippen LogP contribution in [0.1, 0.15) is 33.1 Å². The van der Waals surface area contributed by atoms with Crippen molar-refractivity contribution in [3.05, 3.63) is 35.5 Å². The van der Waals surface area contributed by atoms with E-state index in [0.29, 0.717) is 51.6 Å². The van der Waals surface area contributed by atoms with Gasteiger partial charge in [-0.15, -0.1) is 0 Å². The van der Waals surface area contributed by atoms with E-state index in [1.165, 1.54) is 6.26 Å². The van der Waals surface area contributed by atoms with Gasteiger partial charge in [-0.3, -0.25) is 14.3 Å². The third kappa shape index (κ3) is 3.14. The lowest BCUT2D eigenvalue weighted by Gasteiger charge is -2.26. The maximum Gasteiger partial charge on any atom is 0.276 e. The van der Waals surface area contributed by atoms with E-state index in [0.717, 1.165) is 12.1 Å². The Hall–Kier alpha value is -2.68. The SMILES string of the molecule is O=C(c1ccon1)N1CCCn2nc(C(=O)N3CCOCC3)cc2C1. The van der Waals surface area contributed by atoms with Crippen LogP contribution < -0.4 is 0 Å². The lowest BCUT2D eigenvalue weighted by molar-refractivity contribution is 0.0298. The van der Waals surface area contributed by atoms with Gasteiger partial charge in [0.2, 0.25) is 0 Å². The van der Waals surface area contributed by atoms with E-state index in [1.54, 1.807) is 21.9 Å². The van der Waals surface area contributed by atoms with E-state index >= 15 is 0 Å². The van der Waals surface area contributed by atoms with Crippen molar-refractivity contribution in [3.63, 3.8) is 0 Å². The second-order valence-electron chi connectivity index (χ2n) is 6.11. The highest BCUT2D eigenvalue weighted by atomic mass is 16.5. The van der Waals surface area contributed by atoms with Crippen LogP contribution in [-0.4, -0.2) is 69.4 Å². The van der Waals surface area contributed by atoms with Crippen molar-refractivity contribution in [1.82, 2.24) is 24.7 Å². The first kappa shape index (κ1) is 15.8. The van der Waals surface area contributed by atoms with Crippen molar-refractivity contribution in [1.29, 1.82) is 0 Å². The molecule has 132 valence electrons. The number of nitrogens with zero attached hydrogens (tertiary/aromatic N) is 5. The Morgan fingerprint density at radius 1 is 1.00 bits per heavy atom. The number of fused-ring (bicyclic) bond motifs is 1. The molecule has 0 aromatic carbocycles. The van der Waals surface area contributed by atoms with Crippen molar-refractivity contribution in [3.8, 4) is 0 Å². The molecule has 9 heteroatoms. The maximum absolute atomic E-state index is 12.6. The first-order valence-corrected chi connectivity index (χ1v) is 8.36. The van der Waals surface area contributed by atoms with Crippen LogP contribution in [0.2, 0.25) is 0 Å². The average molecular weight is 345 g/mol. The van der Waals surface area contributed by atoms with E-state index in [2.05, 4.69) is 10.3 Å². The lowest BCUT2D eigenvalue weighted by atomic mass is 10.2. The number of ether oxygens (including phenoxy) is 1. The Morgan fingerprint density at radius 2 is 1.80 bits per heavy atom. The summed E-state index contributed by atoms with van der Waals surface area (Å²) in [6.45, 7) is 3.96. The minimum atomic E-state index is -0.176. The highest BCUT2D eigenvalue weighted by Gasteiger charge is 2.26. The summed E-state index contributed by atoms with van der Waals surface area (Å²) in [5, 5.41) is 8.17. The monoisotopic (exact) mass is 345 g/mol. The quantitative estimate of drug-likeness (QED) is 0.782. The molecule has 1 saturated heterocycles. The topological polar surface area (TPSA) is 93.7 Å². The summed E-state index contributed by atoms with van der Waals surface area (Å²) in [5.74, 6) is -0.261. The Balaban J connectivity index is 1.52. The van der Waals surface area contributed by atoms with E-state index < -0.39 is 0 Å². The van der Waals surface area contributed by atoms with E-state index in [4.69, 9.17) is 9.26 Å². The summed E-state index contributed by atoms with van der Waals surface area (Å²) in [4.78, 5) is 28.6. The van der Waals surface area contributed by atoms with Crippen LogP contribution in [0.5, 0.6) is 0 Å². The molecule has 9 nitrogen and oxygen atoms in total. The van der Waals surface area contributed by atoms with Crippen molar-refractivity contribution in [2.45, 2.75) is 19.5 Å². The molecular weight excluding hydrogens is 326 g/mol. The molecule has 0 N–H and O–H groups in total. The van der Waals surface area contributed by atoms with Gasteiger partial charge < -0.3 is 19.1 Å². The first-order chi connectivity index (χ1) is 12.2. The minimum Gasteiger partial charge on any atom is -0.378 e. The van der Waals surface area contributed by atoms with Crippen LogP contribution in [0.15, 0.2) is 22.9 Å². The molecular formula is C16H19N5O4. The summed E-state index contributed by atoms with van der Waals surface area (Å²) < 4.78 is 11.9. The number of hydrogen-bond donors (Lipinski definition) is 0. The number of aryl methyl sites for hydroxylation is 1. The highest BCUT2D eigenvalue weighted by Crippen LogP contribution is 2.17. The zero-order valence-electron chi connectivity index (χ0n) is 13.8. The van der Waals surface area contributed by atoms with Crippen LogP contribution in [0.3, 0.4) is 0 Å². The molecule has 0 radical (unpaired) electrons. The van der Waals surface area contributed by atoms with Crippen molar-refractivity contribution in [2.75, 3.05) is 32.8 Å². The summed E-state index contributed by atoms with van der Waals surface area (Å²) >= 11 is 0.